The molecule has 1 unspecified atom stereocenters. The number of nitrogen functional groups attached to an aromatic ring is 1. The van der Waals surface area contributed by atoms with E-state index in [1.165, 1.54) is 18.2 Å². The molecule has 0 saturated carbocycles. The van der Waals surface area contributed by atoms with E-state index in [0.29, 0.717) is 18.2 Å². The van der Waals surface area contributed by atoms with Gasteiger partial charge in [0, 0.05) is 18.2 Å². The maximum absolute atomic E-state index is 13.5. The maximum Gasteiger partial charge on any atom is 0.224 e. The number of hydrogen-bond donors (Lipinski definition) is 2. The van der Waals surface area contributed by atoms with E-state index in [4.69, 9.17) is 5.73 Å². The fourth-order valence-electron chi connectivity index (χ4n) is 1.87. The molecule has 1 amide bonds. The largest absolute Gasteiger partial charge is 0.399 e. The molecule has 3 N–H and O–H groups in total. The van der Waals surface area contributed by atoms with Gasteiger partial charge in [0.15, 0.2) is 0 Å². The van der Waals surface area contributed by atoms with Crippen LogP contribution in [0.5, 0.6) is 0 Å². The van der Waals surface area contributed by atoms with Crippen LogP contribution in [0, 0.1) is 5.82 Å². The molecule has 0 spiro atoms. The molecule has 1 aromatic carbocycles. The van der Waals surface area contributed by atoms with Crippen molar-refractivity contribution < 1.29 is 9.18 Å². The minimum atomic E-state index is -0.468. The Morgan fingerprint density at radius 1 is 1.50 bits per heavy atom. The molecule has 0 radical (unpaired) electrons. The third-order valence-electron chi connectivity index (χ3n) is 3.52. The molecule has 0 bridgehead atoms. The van der Waals surface area contributed by atoms with Gasteiger partial charge in [-0.1, -0.05) is 6.92 Å². The second-order valence-electron chi connectivity index (χ2n) is 5.13. The highest BCUT2D eigenvalue weighted by Crippen LogP contribution is 2.17. The Morgan fingerprint density at radius 3 is 2.85 bits per heavy atom. The number of carbonyl (C=O) groups is 1. The summed E-state index contributed by atoms with van der Waals surface area (Å²) in [7, 11) is 2.05. The molecule has 1 rings (SSSR count). The number of benzene rings is 1. The van der Waals surface area contributed by atoms with Gasteiger partial charge in [0.25, 0.3) is 0 Å². The number of anilines is 2. The second kappa shape index (κ2) is 7.85. The number of carbonyl (C=O) groups excluding carboxylic acids is 1. The molecule has 0 aliphatic heterocycles. The molecule has 0 saturated heterocycles. The SMILES string of the molecule is CCC(C)N(C)CCCC(=O)Nc1cc(N)ccc1F. The lowest BCUT2D eigenvalue weighted by Crippen LogP contribution is -2.29. The van der Waals surface area contributed by atoms with Gasteiger partial charge in [-0.05, 0) is 51.6 Å². The highest BCUT2D eigenvalue weighted by Gasteiger charge is 2.10. The van der Waals surface area contributed by atoms with Crippen LogP contribution in [0.25, 0.3) is 0 Å². The lowest BCUT2D eigenvalue weighted by molar-refractivity contribution is -0.116. The molecular formula is C15H24FN3O. The van der Waals surface area contributed by atoms with Gasteiger partial charge in [-0.3, -0.25) is 4.79 Å². The Hall–Kier alpha value is -1.62. The Labute approximate surface area is 120 Å². The molecule has 1 aromatic rings. The van der Waals surface area contributed by atoms with Crippen molar-refractivity contribution in [2.24, 2.45) is 0 Å². The Morgan fingerprint density at radius 2 is 2.20 bits per heavy atom. The topological polar surface area (TPSA) is 58.4 Å². The lowest BCUT2D eigenvalue weighted by atomic mass is 10.2. The van der Waals surface area contributed by atoms with Crippen LogP contribution in [0.4, 0.5) is 15.8 Å². The van der Waals surface area contributed by atoms with Gasteiger partial charge in [-0.2, -0.15) is 0 Å². The molecular weight excluding hydrogens is 257 g/mol. The summed E-state index contributed by atoms with van der Waals surface area (Å²) in [5.74, 6) is -0.656. The van der Waals surface area contributed by atoms with Crippen LogP contribution in [0.2, 0.25) is 0 Å². The van der Waals surface area contributed by atoms with E-state index < -0.39 is 5.82 Å². The number of hydrogen-bond acceptors (Lipinski definition) is 3. The van der Waals surface area contributed by atoms with Crippen molar-refractivity contribution >= 4 is 17.3 Å². The normalized spacial score (nSPS) is 12.4. The zero-order valence-electron chi connectivity index (χ0n) is 12.4. The molecule has 20 heavy (non-hydrogen) atoms. The van der Waals surface area contributed by atoms with E-state index >= 15 is 0 Å². The van der Waals surface area contributed by atoms with E-state index in [-0.39, 0.29) is 11.6 Å². The fraction of sp³-hybridized carbons (Fsp3) is 0.533. The van der Waals surface area contributed by atoms with Crippen LogP contribution in [0.15, 0.2) is 18.2 Å². The quantitative estimate of drug-likeness (QED) is 0.756. The smallest absolute Gasteiger partial charge is 0.224 e. The Bertz CT molecular complexity index is 451. The zero-order valence-corrected chi connectivity index (χ0v) is 12.4. The molecule has 0 heterocycles. The summed E-state index contributed by atoms with van der Waals surface area (Å²) in [6.07, 6.45) is 2.20. The van der Waals surface area contributed by atoms with Gasteiger partial charge in [-0.25, -0.2) is 4.39 Å². The van der Waals surface area contributed by atoms with Crippen LogP contribution in [-0.4, -0.2) is 30.4 Å². The van der Waals surface area contributed by atoms with Crippen LogP contribution >= 0.6 is 0 Å². The van der Waals surface area contributed by atoms with Gasteiger partial charge in [-0.15, -0.1) is 0 Å². The van der Waals surface area contributed by atoms with Crippen molar-refractivity contribution in [2.45, 2.75) is 39.2 Å². The summed E-state index contributed by atoms with van der Waals surface area (Å²) in [6.45, 7) is 5.14. The van der Waals surface area contributed by atoms with Crippen molar-refractivity contribution in [2.75, 3.05) is 24.6 Å². The molecule has 5 heteroatoms. The molecule has 4 nitrogen and oxygen atoms in total. The number of amides is 1. The van der Waals surface area contributed by atoms with E-state index in [1.807, 2.05) is 7.05 Å². The van der Waals surface area contributed by atoms with Crippen molar-refractivity contribution in [3.05, 3.63) is 24.0 Å². The minimum Gasteiger partial charge on any atom is -0.399 e. The van der Waals surface area contributed by atoms with Crippen molar-refractivity contribution in [1.29, 1.82) is 0 Å². The summed E-state index contributed by atoms with van der Waals surface area (Å²) in [4.78, 5) is 14.0. The number of nitrogens with two attached hydrogens (primary N) is 1. The summed E-state index contributed by atoms with van der Waals surface area (Å²) < 4.78 is 13.5. The summed E-state index contributed by atoms with van der Waals surface area (Å²) >= 11 is 0. The molecule has 0 fully saturated rings. The number of halogens is 1. The molecule has 0 aromatic heterocycles. The Kier molecular flexibility index (Phi) is 6.45. The highest BCUT2D eigenvalue weighted by atomic mass is 19.1. The van der Waals surface area contributed by atoms with E-state index in [0.717, 1.165) is 19.4 Å². The number of nitrogens with one attached hydrogen (secondary N) is 1. The first-order valence-corrected chi connectivity index (χ1v) is 6.99. The average molecular weight is 281 g/mol. The van der Waals surface area contributed by atoms with Crippen LogP contribution < -0.4 is 11.1 Å². The number of rotatable bonds is 7. The number of nitrogens with zero attached hydrogens (tertiary/aromatic N) is 1. The summed E-state index contributed by atoms with van der Waals surface area (Å²) in [6, 6.07) is 4.65. The average Bonchev–Trinajstić information content (AvgIpc) is 2.41. The standard InChI is InChI=1S/C15H24FN3O/c1-4-11(2)19(3)9-5-6-15(20)18-14-10-12(17)7-8-13(14)16/h7-8,10-11H,4-6,9,17H2,1-3H3,(H,18,20). The summed E-state index contributed by atoms with van der Waals surface area (Å²) in [5.41, 5.74) is 6.14. The van der Waals surface area contributed by atoms with Gasteiger partial charge in [0.05, 0.1) is 5.69 Å². The second-order valence-corrected chi connectivity index (χ2v) is 5.13. The van der Waals surface area contributed by atoms with Gasteiger partial charge in [0.1, 0.15) is 5.82 Å². The lowest BCUT2D eigenvalue weighted by Gasteiger charge is -2.23. The first-order valence-electron chi connectivity index (χ1n) is 6.99. The van der Waals surface area contributed by atoms with Crippen molar-refractivity contribution in [3.8, 4) is 0 Å². The van der Waals surface area contributed by atoms with Gasteiger partial charge < -0.3 is 16.0 Å². The van der Waals surface area contributed by atoms with E-state index in [9.17, 15) is 9.18 Å². The van der Waals surface area contributed by atoms with Crippen molar-refractivity contribution in [3.63, 3.8) is 0 Å². The fourth-order valence-corrected chi connectivity index (χ4v) is 1.87. The third-order valence-corrected chi connectivity index (χ3v) is 3.52. The van der Waals surface area contributed by atoms with Gasteiger partial charge >= 0.3 is 0 Å². The van der Waals surface area contributed by atoms with Crippen LogP contribution in [0.1, 0.15) is 33.1 Å². The molecule has 1 atom stereocenters. The van der Waals surface area contributed by atoms with Gasteiger partial charge in [0.2, 0.25) is 5.91 Å². The first kappa shape index (κ1) is 16.4. The highest BCUT2D eigenvalue weighted by molar-refractivity contribution is 5.91. The third kappa shape index (κ3) is 5.17. The van der Waals surface area contributed by atoms with E-state index in [1.54, 1.807) is 0 Å². The monoisotopic (exact) mass is 281 g/mol. The predicted molar refractivity (Wildman–Crippen MR) is 81.1 cm³/mol. The maximum atomic E-state index is 13.5. The zero-order chi connectivity index (χ0) is 15.1. The Balaban J connectivity index is 2.39. The van der Waals surface area contributed by atoms with E-state index in [2.05, 4.69) is 24.1 Å². The minimum absolute atomic E-state index is 0.144. The molecule has 0 aliphatic carbocycles. The van der Waals surface area contributed by atoms with Crippen LogP contribution in [-0.2, 0) is 4.79 Å². The van der Waals surface area contributed by atoms with Crippen molar-refractivity contribution in [1.82, 2.24) is 4.90 Å². The molecule has 112 valence electrons. The predicted octanol–water partition coefficient (Wildman–Crippen LogP) is 2.86. The molecule has 0 aliphatic rings. The first-order chi connectivity index (χ1) is 9.43. The van der Waals surface area contributed by atoms with Crippen LogP contribution in [0.3, 0.4) is 0 Å². The summed E-state index contributed by atoms with van der Waals surface area (Å²) in [5, 5.41) is 2.56.